The molecule has 7 nitrogen and oxygen atoms in total. The van der Waals surface area contributed by atoms with Crippen molar-refractivity contribution >= 4 is 5.91 Å². The molecule has 148 valence electrons. The van der Waals surface area contributed by atoms with E-state index in [4.69, 9.17) is 0 Å². The van der Waals surface area contributed by atoms with Gasteiger partial charge >= 0.3 is 5.69 Å². The van der Waals surface area contributed by atoms with Crippen LogP contribution in [-0.2, 0) is 11.2 Å². The summed E-state index contributed by atoms with van der Waals surface area (Å²) in [6, 6.07) is 11.4. The molecule has 2 aromatic carbocycles. The molecule has 3 aromatic rings. The van der Waals surface area contributed by atoms with E-state index in [-0.39, 0.29) is 17.2 Å². The topological polar surface area (TPSA) is 95.4 Å². The zero-order valence-electron chi connectivity index (χ0n) is 15.6. The molecule has 0 saturated heterocycles. The van der Waals surface area contributed by atoms with Gasteiger partial charge in [0.2, 0.25) is 11.8 Å². The number of halogens is 1. The van der Waals surface area contributed by atoms with Crippen LogP contribution in [0.5, 0.6) is 5.88 Å². The molecular weight excluding hydrogens is 377 g/mol. The molecule has 1 atom stereocenters. The van der Waals surface area contributed by atoms with Crippen molar-refractivity contribution in [2.24, 2.45) is 0 Å². The molecule has 0 aliphatic carbocycles. The van der Waals surface area contributed by atoms with Crippen LogP contribution in [0.15, 0.2) is 58.1 Å². The summed E-state index contributed by atoms with van der Waals surface area (Å²) in [4.78, 5) is 41.2. The van der Waals surface area contributed by atoms with E-state index in [2.05, 4.69) is 4.98 Å². The Morgan fingerprint density at radius 1 is 1.14 bits per heavy atom. The number of benzene rings is 2. The number of nitrogens with one attached hydrogen (secondary N) is 1. The van der Waals surface area contributed by atoms with Crippen molar-refractivity contribution in [2.45, 2.75) is 19.4 Å². The fourth-order valence-electron chi connectivity index (χ4n) is 3.83. The second-order valence-corrected chi connectivity index (χ2v) is 6.87. The minimum atomic E-state index is -0.860. The van der Waals surface area contributed by atoms with Crippen LogP contribution in [0.25, 0.3) is 5.69 Å². The summed E-state index contributed by atoms with van der Waals surface area (Å²) >= 11 is 0. The van der Waals surface area contributed by atoms with E-state index in [0.717, 1.165) is 22.3 Å². The number of carbonyl (C=O) groups excluding carboxylic acids is 1. The first kappa shape index (κ1) is 18.7. The summed E-state index contributed by atoms with van der Waals surface area (Å²) in [5.74, 6) is -1.35. The number of amides is 1. The number of nitrogens with zero attached hydrogens (tertiary/aromatic N) is 2. The lowest BCUT2D eigenvalue weighted by molar-refractivity contribution is -0.130. The third-order valence-corrected chi connectivity index (χ3v) is 5.17. The first-order chi connectivity index (χ1) is 13.9. The molecule has 29 heavy (non-hydrogen) atoms. The Morgan fingerprint density at radius 3 is 2.52 bits per heavy atom. The van der Waals surface area contributed by atoms with Gasteiger partial charge in [0, 0.05) is 13.5 Å². The van der Waals surface area contributed by atoms with E-state index in [0.29, 0.717) is 18.5 Å². The Kier molecular flexibility index (Phi) is 4.54. The van der Waals surface area contributed by atoms with Gasteiger partial charge in [-0.1, -0.05) is 24.3 Å². The predicted molar refractivity (Wildman–Crippen MR) is 104 cm³/mol. The molecule has 1 aliphatic heterocycles. The zero-order valence-corrected chi connectivity index (χ0v) is 15.6. The van der Waals surface area contributed by atoms with Gasteiger partial charge in [-0.15, -0.1) is 0 Å². The van der Waals surface area contributed by atoms with Gasteiger partial charge in [-0.25, -0.2) is 13.8 Å². The molecule has 0 saturated carbocycles. The molecule has 1 aromatic heterocycles. The van der Waals surface area contributed by atoms with E-state index in [1.807, 2.05) is 12.1 Å². The molecule has 1 unspecified atom stereocenters. The smallest absolute Gasteiger partial charge is 0.335 e. The van der Waals surface area contributed by atoms with Gasteiger partial charge in [0.25, 0.3) is 5.56 Å². The molecule has 8 heteroatoms. The monoisotopic (exact) mass is 395 g/mol. The third-order valence-electron chi connectivity index (χ3n) is 5.17. The number of fused-ring (bicyclic) bond motifs is 1. The second kappa shape index (κ2) is 7.05. The van der Waals surface area contributed by atoms with Crippen molar-refractivity contribution in [3.8, 4) is 11.6 Å². The van der Waals surface area contributed by atoms with Gasteiger partial charge in [-0.2, -0.15) is 0 Å². The molecule has 2 N–H and O–H groups in total. The number of aromatic hydroxyl groups is 1. The lowest BCUT2D eigenvalue weighted by Crippen LogP contribution is -2.43. The summed E-state index contributed by atoms with van der Waals surface area (Å²) in [5, 5.41) is 11.0. The van der Waals surface area contributed by atoms with Gasteiger partial charge in [-0.3, -0.25) is 14.6 Å². The number of hydrogen-bond donors (Lipinski definition) is 2. The second-order valence-electron chi connectivity index (χ2n) is 6.87. The van der Waals surface area contributed by atoms with Crippen molar-refractivity contribution in [3.63, 3.8) is 0 Å². The summed E-state index contributed by atoms with van der Waals surface area (Å²) < 4.78 is 14.2. The molecule has 2 heterocycles. The van der Waals surface area contributed by atoms with E-state index in [1.54, 1.807) is 12.1 Å². The number of aromatic nitrogens is 2. The first-order valence-electron chi connectivity index (χ1n) is 9.07. The van der Waals surface area contributed by atoms with Crippen LogP contribution in [0, 0.1) is 5.82 Å². The SMILES string of the molecule is CC(=O)N1CCc2ccccc2C1c1c(O)n(-c2ccc(F)cc2)c(=O)[nH]c1=O. The molecule has 0 radical (unpaired) electrons. The van der Waals surface area contributed by atoms with Gasteiger partial charge in [0.15, 0.2) is 0 Å². The van der Waals surface area contributed by atoms with Crippen molar-refractivity contribution in [1.82, 2.24) is 14.5 Å². The Hall–Kier alpha value is -3.68. The van der Waals surface area contributed by atoms with Crippen molar-refractivity contribution in [2.75, 3.05) is 6.54 Å². The molecular formula is C21H18FN3O4. The number of hydrogen-bond acceptors (Lipinski definition) is 4. The quantitative estimate of drug-likeness (QED) is 0.693. The highest BCUT2D eigenvalue weighted by Crippen LogP contribution is 2.37. The summed E-state index contributed by atoms with van der Waals surface area (Å²) in [6.45, 7) is 1.76. The van der Waals surface area contributed by atoms with Gasteiger partial charge in [0.1, 0.15) is 11.4 Å². The summed E-state index contributed by atoms with van der Waals surface area (Å²) in [6.07, 6.45) is 0.614. The van der Waals surface area contributed by atoms with Crippen LogP contribution in [0.2, 0.25) is 0 Å². The normalized spacial score (nSPS) is 15.8. The van der Waals surface area contributed by atoms with Crippen LogP contribution in [0.1, 0.15) is 29.7 Å². The first-order valence-corrected chi connectivity index (χ1v) is 9.07. The highest BCUT2D eigenvalue weighted by atomic mass is 19.1. The van der Waals surface area contributed by atoms with Crippen LogP contribution in [0.4, 0.5) is 4.39 Å². The summed E-state index contributed by atoms with van der Waals surface area (Å²) in [5.41, 5.74) is 0.0914. The maximum Gasteiger partial charge on any atom is 0.335 e. The molecule has 0 bridgehead atoms. The van der Waals surface area contributed by atoms with Gasteiger partial charge in [-0.05, 0) is 41.8 Å². The van der Waals surface area contributed by atoms with Crippen molar-refractivity contribution in [1.29, 1.82) is 0 Å². The van der Waals surface area contributed by atoms with Crippen LogP contribution in [-0.4, -0.2) is 32.0 Å². The minimum absolute atomic E-state index is 0.115. The van der Waals surface area contributed by atoms with Gasteiger partial charge in [0.05, 0.1) is 11.7 Å². The van der Waals surface area contributed by atoms with Gasteiger partial charge < -0.3 is 10.0 Å². The Balaban J connectivity index is 2.00. The predicted octanol–water partition coefficient (Wildman–Crippen LogP) is 1.86. The average molecular weight is 395 g/mol. The van der Waals surface area contributed by atoms with E-state index >= 15 is 0 Å². The number of rotatable bonds is 2. The molecule has 1 aliphatic rings. The maximum absolute atomic E-state index is 13.3. The lowest BCUT2D eigenvalue weighted by atomic mass is 9.89. The fraction of sp³-hybridized carbons (Fsp3) is 0.190. The number of H-pyrrole nitrogens is 1. The highest BCUT2D eigenvalue weighted by Gasteiger charge is 2.35. The molecule has 4 rings (SSSR count). The van der Waals surface area contributed by atoms with Crippen LogP contribution in [0.3, 0.4) is 0 Å². The molecule has 0 spiro atoms. The Labute approximate surface area is 164 Å². The number of carbonyl (C=O) groups is 1. The maximum atomic E-state index is 13.3. The van der Waals surface area contributed by atoms with E-state index in [9.17, 15) is 23.9 Å². The molecule has 0 fully saturated rings. The fourth-order valence-corrected chi connectivity index (χ4v) is 3.83. The van der Waals surface area contributed by atoms with E-state index in [1.165, 1.54) is 24.0 Å². The standard InChI is InChI=1S/C21H18FN3O4/c1-12(26)24-11-10-13-4-2-3-5-16(13)18(24)17-19(27)23-21(29)25(20(17)28)15-8-6-14(22)7-9-15/h2-9,18,28H,10-11H2,1H3,(H,23,27,29). The van der Waals surface area contributed by atoms with Crippen molar-refractivity contribution < 1.29 is 14.3 Å². The van der Waals surface area contributed by atoms with Crippen molar-refractivity contribution in [3.05, 3.63) is 91.9 Å². The lowest BCUT2D eigenvalue weighted by Gasteiger charge is -2.36. The minimum Gasteiger partial charge on any atom is -0.494 e. The van der Waals surface area contributed by atoms with Crippen LogP contribution < -0.4 is 11.2 Å². The van der Waals surface area contributed by atoms with E-state index < -0.39 is 29.0 Å². The van der Waals surface area contributed by atoms with Crippen LogP contribution >= 0.6 is 0 Å². The Bertz CT molecular complexity index is 1210. The summed E-state index contributed by atoms with van der Waals surface area (Å²) in [7, 11) is 0. The zero-order chi connectivity index (χ0) is 20.7. The third kappa shape index (κ3) is 3.12. The largest absolute Gasteiger partial charge is 0.494 e. The highest BCUT2D eigenvalue weighted by molar-refractivity contribution is 5.75. The Morgan fingerprint density at radius 2 is 1.83 bits per heavy atom. The molecule has 1 amide bonds. The average Bonchev–Trinajstić information content (AvgIpc) is 2.69. The number of aromatic amines is 1.